The Morgan fingerprint density at radius 1 is 1.44 bits per heavy atom. The molecule has 1 N–H and O–H groups in total. The molecule has 3 rings (SSSR count). The van der Waals surface area contributed by atoms with Crippen LogP contribution in [0.2, 0.25) is 0 Å². The van der Waals surface area contributed by atoms with Crippen LogP contribution in [-0.4, -0.2) is 16.2 Å². The van der Waals surface area contributed by atoms with Gasteiger partial charge in [-0.05, 0) is 24.7 Å². The number of hydrogen-bond donors (Lipinski definition) is 1. The Morgan fingerprint density at radius 2 is 2.28 bits per heavy atom. The Balaban J connectivity index is 2.14. The summed E-state index contributed by atoms with van der Waals surface area (Å²) < 4.78 is 8.74. The SMILES string of the molecule is CCc1c[nH]c(=S)n1C1CCOc2ccccc21. The van der Waals surface area contributed by atoms with Crippen LogP contribution in [0.3, 0.4) is 0 Å². The van der Waals surface area contributed by atoms with Crippen molar-refractivity contribution in [2.45, 2.75) is 25.8 Å². The maximum absolute atomic E-state index is 5.71. The Morgan fingerprint density at radius 3 is 3.11 bits per heavy atom. The minimum Gasteiger partial charge on any atom is -0.493 e. The number of aryl methyl sites for hydroxylation is 1. The van der Waals surface area contributed by atoms with Gasteiger partial charge in [0, 0.05) is 23.9 Å². The van der Waals surface area contributed by atoms with Gasteiger partial charge in [0.05, 0.1) is 12.6 Å². The lowest BCUT2D eigenvalue weighted by Crippen LogP contribution is -2.21. The van der Waals surface area contributed by atoms with E-state index in [1.54, 1.807) is 0 Å². The highest BCUT2D eigenvalue weighted by Gasteiger charge is 2.24. The van der Waals surface area contributed by atoms with Crippen LogP contribution in [0.5, 0.6) is 5.75 Å². The first-order valence-corrected chi connectivity index (χ1v) is 6.72. The molecule has 0 spiro atoms. The lowest BCUT2D eigenvalue weighted by atomic mass is 10.00. The second kappa shape index (κ2) is 4.61. The number of ether oxygens (including phenoxy) is 1. The van der Waals surface area contributed by atoms with E-state index in [0.717, 1.165) is 30.0 Å². The van der Waals surface area contributed by atoms with Gasteiger partial charge in [-0.2, -0.15) is 0 Å². The minimum absolute atomic E-state index is 0.295. The quantitative estimate of drug-likeness (QED) is 0.838. The highest BCUT2D eigenvalue weighted by atomic mass is 32.1. The lowest BCUT2D eigenvalue weighted by molar-refractivity contribution is 0.254. The second-order valence-corrected chi connectivity index (χ2v) is 4.89. The Bertz CT molecular complexity index is 614. The fraction of sp³-hybridized carbons (Fsp3) is 0.357. The summed E-state index contributed by atoms with van der Waals surface area (Å²) in [4.78, 5) is 3.15. The minimum atomic E-state index is 0.295. The molecule has 0 bridgehead atoms. The largest absolute Gasteiger partial charge is 0.493 e. The van der Waals surface area contributed by atoms with Gasteiger partial charge in [-0.25, -0.2) is 0 Å². The van der Waals surface area contributed by atoms with E-state index in [9.17, 15) is 0 Å². The first kappa shape index (κ1) is 11.5. The van der Waals surface area contributed by atoms with Crippen LogP contribution < -0.4 is 4.74 Å². The molecular formula is C14H16N2OS. The van der Waals surface area contributed by atoms with Gasteiger partial charge in [-0.3, -0.25) is 0 Å². The maximum Gasteiger partial charge on any atom is 0.177 e. The van der Waals surface area contributed by atoms with Gasteiger partial charge < -0.3 is 14.3 Å². The third kappa shape index (κ3) is 1.77. The van der Waals surface area contributed by atoms with E-state index in [2.05, 4.69) is 28.6 Å². The normalized spacial score (nSPS) is 18.2. The van der Waals surface area contributed by atoms with Crippen molar-refractivity contribution in [1.82, 2.24) is 9.55 Å². The van der Waals surface area contributed by atoms with Gasteiger partial charge in [0.15, 0.2) is 4.77 Å². The van der Waals surface area contributed by atoms with E-state index in [4.69, 9.17) is 17.0 Å². The highest BCUT2D eigenvalue weighted by molar-refractivity contribution is 7.71. The van der Waals surface area contributed by atoms with Gasteiger partial charge in [-0.1, -0.05) is 25.1 Å². The molecule has 1 atom stereocenters. The number of benzene rings is 1. The highest BCUT2D eigenvalue weighted by Crippen LogP contribution is 2.35. The van der Waals surface area contributed by atoms with Crippen LogP contribution in [0.15, 0.2) is 30.5 Å². The first-order valence-electron chi connectivity index (χ1n) is 6.31. The van der Waals surface area contributed by atoms with Crippen LogP contribution in [-0.2, 0) is 6.42 Å². The number of hydrogen-bond acceptors (Lipinski definition) is 2. The average Bonchev–Trinajstić information content (AvgIpc) is 2.79. The maximum atomic E-state index is 5.71. The summed E-state index contributed by atoms with van der Waals surface area (Å²) in [6, 6.07) is 8.53. The summed E-state index contributed by atoms with van der Waals surface area (Å²) in [6.45, 7) is 2.90. The van der Waals surface area contributed by atoms with Crippen LogP contribution in [0.1, 0.15) is 30.6 Å². The summed E-state index contributed by atoms with van der Waals surface area (Å²) in [5.41, 5.74) is 2.48. The molecule has 0 aliphatic carbocycles. The van der Waals surface area contributed by atoms with E-state index in [0.29, 0.717) is 6.04 Å². The number of aromatic nitrogens is 2. The molecule has 0 radical (unpaired) electrons. The number of aromatic amines is 1. The number of para-hydroxylation sites is 1. The summed E-state index contributed by atoms with van der Waals surface area (Å²) in [5.74, 6) is 0.985. The molecule has 4 heteroatoms. The molecule has 0 saturated heterocycles. The predicted octanol–water partition coefficient (Wildman–Crippen LogP) is 3.48. The number of nitrogens with one attached hydrogen (secondary N) is 1. The molecule has 2 aromatic rings. The monoisotopic (exact) mass is 260 g/mol. The second-order valence-electron chi connectivity index (χ2n) is 4.50. The summed E-state index contributed by atoms with van der Waals surface area (Å²) in [7, 11) is 0. The zero-order valence-corrected chi connectivity index (χ0v) is 11.2. The molecule has 2 heterocycles. The molecule has 0 fully saturated rings. The van der Waals surface area contributed by atoms with E-state index in [1.807, 2.05) is 18.3 Å². The molecule has 3 nitrogen and oxygen atoms in total. The van der Waals surface area contributed by atoms with Gasteiger partial charge in [0.1, 0.15) is 5.75 Å². The Kier molecular flexibility index (Phi) is 2.96. The van der Waals surface area contributed by atoms with Crippen molar-refractivity contribution in [3.63, 3.8) is 0 Å². The fourth-order valence-corrected chi connectivity index (χ4v) is 2.92. The smallest absolute Gasteiger partial charge is 0.177 e. The Hall–Kier alpha value is -1.55. The third-order valence-electron chi connectivity index (χ3n) is 3.49. The number of imidazole rings is 1. The first-order chi connectivity index (χ1) is 8.81. The third-order valence-corrected chi connectivity index (χ3v) is 3.81. The lowest BCUT2D eigenvalue weighted by Gasteiger charge is -2.28. The Labute approximate surface area is 111 Å². The summed E-state index contributed by atoms with van der Waals surface area (Å²) in [5, 5.41) is 0. The molecule has 0 amide bonds. The number of fused-ring (bicyclic) bond motifs is 1. The number of nitrogens with zero attached hydrogens (tertiary/aromatic N) is 1. The van der Waals surface area contributed by atoms with Crippen LogP contribution in [0, 0.1) is 4.77 Å². The van der Waals surface area contributed by atoms with Crippen molar-refractivity contribution in [2.24, 2.45) is 0 Å². The van der Waals surface area contributed by atoms with Gasteiger partial charge >= 0.3 is 0 Å². The molecule has 1 aliphatic rings. The molecule has 1 unspecified atom stereocenters. The molecule has 0 saturated carbocycles. The van der Waals surface area contributed by atoms with E-state index < -0.39 is 0 Å². The summed E-state index contributed by atoms with van der Waals surface area (Å²) in [6.07, 6.45) is 3.96. The predicted molar refractivity (Wildman–Crippen MR) is 73.7 cm³/mol. The molecular weight excluding hydrogens is 244 g/mol. The number of H-pyrrole nitrogens is 1. The fourth-order valence-electron chi connectivity index (χ4n) is 2.62. The molecule has 1 aliphatic heterocycles. The standard InChI is InChI=1S/C14H16N2OS/c1-2-10-9-15-14(18)16(10)12-7-8-17-13-6-4-3-5-11(12)13/h3-6,9,12H,2,7-8H2,1H3,(H,15,18). The van der Waals surface area contributed by atoms with Crippen molar-refractivity contribution in [2.75, 3.05) is 6.61 Å². The van der Waals surface area contributed by atoms with Crippen molar-refractivity contribution < 1.29 is 4.74 Å². The van der Waals surface area contributed by atoms with Gasteiger partial charge in [0.25, 0.3) is 0 Å². The van der Waals surface area contributed by atoms with Crippen molar-refractivity contribution in [3.8, 4) is 5.75 Å². The zero-order chi connectivity index (χ0) is 12.5. The summed E-state index contributed by atoms with van der Waals surface area (Å²) >= 11 is 5.42. The van der Waals surface area contributed by atoms with Crippen molar-refractivity contribution >= 4 is 12.2 Å². The van der Waals surface area contributed by atoms with E-state index in [1.165, 1.54) is 11.3 Å². The van der Waals surface area contributed by atoms with Gasteiger partial charge in [-0.15, -0.1) is 0 Å². The van der Waals surface area contributed by atoms with Crippen LogP contribution in [0.25, 0.3) is 0 Å². The molecule has 1 aromatic carbocycles. The number of rotatable bonds is 2. The topological polar surface area (TPSA) is 29.9 Å². The zero-order valence-electron chi connectivity index (χ0n) is 10.3. The van der Waals surface area contributed by atoms with Crippen molar-refractivity contribution in [3.05, 3.63) is 46.5 Å². The van der Waals surface area contributed by atoms with Crippen molar-refractivity contribution in [1.29, 1.82) is 0 Å². The van der Waals surface area contributed by atoms with Crippen LogP contribution in [0.4, 0.5) is 0 Å². The average molecular weight is 260 g/mol. The van der Waals surface area contributed by atoms with E-state index in [-0.39, 0.29) is 0 Å². The molecule has 1 aromatic heterocycles. The molecule has 94 valence electrons. The van der Waals surface area contributed by atoms with Gasteiger partial charge in [0.2, 0.25) is 0 Å². The van der Waals surface area contributed by atoms with E-state index >= 15 is 0 Å². The molecule has 18 heavy (non-hydrogen) atoms. The van der Waals surface area contributed by atoms with Crippen LogP contribution >= 0.6 is 12.2 Å².